The Bertz CT molecular complexity index is 479. The molecule has 0 radical (unpaired) electrons. The summed E-state index contributed by atoms with van der Waals surface area (Å²) in [5.74, 6) is -0.311. The third-order valence-electron chi connectivity index (χ3n) is 2.98. The van der Waals surface area contributed by atoms with Crippen molar-refractivity contribution in [2.24, 2.45) is 0 Å². The van der Waals surface area contributed by atoms with Crippen molar-refractivity contribution >= 4 is 11.8 Å². The molecule has 2 N–H and O–H groups in total. The van der Waals surface area contributed by atoms with Crippen molar-refractivity contribution in [2.45, 2.75) is 32.7 Å². The molecule has 0 aromatic heterocycles. The Labute approximate surface area is 107 Å². The van der Waals surface area contributed by atoms with Gasteiger partial charge in [-0.2, -0.15) is 0 Å². The molecule has 0 saturated heterocycles. The van der Waals surface area contributed by atoms with Crippen molar-refractivity contribution in [1.29, 1.82) is 0 Å². The lowest BCUT2D eigenvalue weighted by Gasteiger charge is -2.08. The van der Waals surface area contributed by atoms with E-state index in [0.29, 0.717) is 11.6 Å². The molecule has 2 rings (SSSR count). The van der Waals surface area contributed by atoms with Crippen molar-refractivity contribution in [3.05, 3.63) is 34.9 Å². The van der Waals surface area contributed by atoms with E-state index in [1.807, 2.05) is 26.0 Å². The average molecular weight is 246 g/mol. The van der Waals surface area contributed by atoms with Gasteiger partial charge in [0, 0.05) is 11.6 Å². The number of amides is 2. The monoisotopic (exact) mass is 246 g/mol. The van der Waals surface area contributed by atoms with E-state index in [-0.39, 0.29) is 18.4 Å². The van der Waals surface area contributed by atoms with E-state index in [4.69, 9.17) is 0 Å². The van der Waals surface area contributed by atoms with Crippen LogP contribution in [0.5, 0.6) is 0 Å². The van der Waals surface area contributed by atoms with Gasteiger partial charge in [0.15, 0.2) is 0 Å². The normalized spacial score (nSPS) is 14.1. The van der Waals surface area contributed by atoms with Gasteiger partial charge in [-0.1, -0.05) is 17.7 Å². The lowest BCUT2D eigenvalue weighted by atomic mass is 10.1. The van der Waals surface area contributed by atoms with Gasteiger partial charge in [0.1, 0.15) is 0 Å². The zero-order valence-corrected chi connectivity index (χ0v) is 10.7. The summed E-state index contributed by atoms with van der Waals surface area (Å²) in [4.78, 5) is 23.3. The highest BCUT2D eigenvalue weighted by Gasteiger charge is 2.23. The SMILES string of the molecule is Cc1ccc(C(=O)NCC(=O)NC2CC2)c(C)c1. The molecule has 1 aromatic carbocycles. The van der Waals surface area contributed by atoms with Crippen LogP contribution in [0.25, 0.3) is 0 Å². The van der Waals surface area contributed by atoms with Crippen LogP contribution >= 0.6 is 0 Å². The van der Waals surface area contributed by atoms with Gasteiger partial charge in [-0.15, -0.1) is 0 Å². The number of aryl methyl sites for hydroxylation is 2. The maximum Gasteiger partial charge on any atom is 0.251 e. The second-order valence-electron chi connectivity index (χ2n) is 4.84. The zero-order valence-electron chi connectivity index (χ0n) is 10.7. The molecular formula is C14H18N2O2. The molecule has 0 bridgehead atoms. The number of hydrogen-bond acceptors (Lipinski definition) is 2. The minimum absolute atomic E-state index is 0.0443. The Morgan fingerprint density at radius 2 is 2.00 bits per heavy atom. The second-order valence-corrected chi connectivity index (χ2v) is 4.84. The van der Waals surface area contributed by atoms with E-state index in [0.717, 1.165) is 24.0 Å². The molecule has 0 heterocycles. The van der Waals surface area contributed by atoms with Crippen LogP contribution in [0.15, 0.2) is 18.2 Å². The standard InChI is InChI=1S/C14H18N2O2/c1-9-3-6-12(10(2)7-9)14(18)15-8-13(17)16-11-4-5-11/h3,6-7,11H,4-5,8H2,1-2H3,(H,15,18)(H,16,17). The minimum Gasteiger partial charge on any atom is -0.352 e. The van der Waals surface area contributed by atoms with Crippen LogP contribution in [-0.2, 0) is 4.79 Å². The Balaban J connectivity index is 1.88. The number of rotatable bonds is 4. The fourth-order valence-electron chi connectivity index (χ4n) is 1.83. The van der Waals surface area contributed by atoms with Gasteiger partial charge in [-0.3, -0.25) is 9.59 Å². The molecule has 0 unspecified atom stereocenters. The summed E-state index contributed by atoms with van der Waals surface area (Å²) in [6.45, 7) is 3.92. The summed E-state index contributed by atoms with van der Waals surface area (Å²) in [6, 6.07) is 5.97. The Kier molecular flexibility index (Phi) is 3.65. The number of hydrogen-bond donors (Lipinski definition) is 2. The highest BCUT2D eigenvalue weighted by molar-refractivity contribution is 5.97. The first kappa shape index (κ1) is 12.6. The predicted octanol–water partition coefficient (Wildman–Crippen LogP) is 1.31. The number of nitrogens with one attached hydrogen (secondary N) is 2. The topological polar surface area (TPSA) is 58.2 Å². The van der Waals surface area contributed by atoms with Gasteiger partial charge in [-0.25, -0.2) is 0 Å². The first-order valence-electron chi connectivity index (χ1n) is 6.21. The second kappa shape index (κ2) is 5.21. The third-order valence-corrected chi connectivity index (χ3v) is 2.98. The van der Waals surface area contributed by atoms with Crippen LogP contribution in [0.3, 0.4) is 0 Å². The highest BCUT2D eigenvalue weighted by atomic mass is 16.2. The Hall–Kier alpha value is -1.84. The molecule has 1 saturated carbocycles. The van der Waals surface area contributed by atoms with Gasteiger partial charge in [0.05, 0.1) is 6.54 Å². The van der Waals surface area contributed by atoms with E-state index in [1.54, 1.807) is 6.07 Å². The first-order chi connectivity index (χ1) is 8.56. The molecular weight excluding hydrogens is 228 g/mol. The largest absolute Gasteiger partial charge is 0.352 e. The van der Waals surface area contributed by atoms with Gasteiger partial charge in [0.25, 0.3) is 5.91 Å². The molecule has 1 fully saturated rings. The molecule has 18 heavy (non-hydrogen) atoms. The molecule has 0 spiro atoms. The first-order valence-corrected chi connectivity index (χ1v) is 6.21. The van der Waals surface area contributed by atoms with Crippen LogP contribution in [-0.4, -0.2) is 24.4 Å². The molecule has 4 heteroatoms. The summed E-state index contributed by atoms with van der Waals surface area (Å²) >= 11 is 0. The maximum absolute atomic E-state index is 11.9. The fourth-order valence-corrected chi connectivity index (χ4v) is 1.83. The number of carbonyl (C=O) groups is 2. The highest BCUT2D eigenvalue weighted by Crippen LogP contribution is 2.18. The minimum atomic E-state index is -0.196. The predicted molar refractivity (Wildman–Crippen MR) is 69.4 cm³/mol. The van der Waals surface area contributed by atoms with Crippen molar-refractivity contribution in [2.75, 3.05) is 6.54 Å². The zero-order chi connectivity index (χ0) is 13.1. The fraction of sp³-hybridized carbons (Fsp3) is 0.429. The van der Waals surface area contributed by atoms with E-state index in [2.05, 4.69) is 10.6 Å². The lowest BCUT2D eigenvalue weighted by Crippen LogP contribution is -2.38. The lowest BCUT2D eigenvalue weighted by molar-refractivity contribution is -0.120. The summed E-state index contributed by atoms with van der Waals surface area (Å²) in [5, 5.41) is 5.47. The van der Waals surface area contributed by atoms with Crippen molar-refractivity contribution in [3.63, 3.8) is 0 Å². The Morgan fingerprint density at radius 1 is 1.28 bits per heavy atom. The van der Waals surface area contributed by atoms with Gasteiger partial charge >= 0.3 is 0 Å². The number of benzene rings is 1. The van der Waals surface area contributed by atoms with E-state index < -0.39 is 0 Å². The van der Waals surface area contributed by atoms with Gasteiger partial charge < -0.3 is 10.6 Å². The maximum atomic E-state index is 11.9. The quantitative estimate of drug-likeness (QED) is 0.841. The van der Waals surface area contributed by atoms with Gasteiger partial charge in [0.2, 0.25) is 5.91 Å². The van der Waals surface area contributed by atoms with E-state index in [1.165, 1.54) is 0 Å². The molecule has 0 aliphatic heterocycles. The van der Waals surface area contributed by atoms with E-state index in [9.17, 15) is 9.59 Å². The van der Waals surface area contributed by atoms with Crippen molar-refractivity contribution < 1.29 is 9.59 Å². The third kappa shape index (κ3) is 3.32. The molecule has 0 atom stereocenters. The average Bonchev–Trinajstić information content (AvgIpc) is 3.10. The molecule has 2 amide bonds. The molecule has 1 aliphatic rings. The van der Waals surface area contributed by atoms with Crippen LogP contribution < -0.4 is 10.6 Å². The van der Waals surface area contributed by atoms with Crippen molar-refractivity contribution in [1.82, 2.24) is 10.6 Å². The molecule has 4 nitrogen and oxygen atoms in total. The summed E-state index contributed by atoms with van der Waals surface area (Å²) < 4.78 is 0. The van der Waals surface area contributed by atoms with E-state index >= 15 is 0 Å². The van der Waals surface area contributed by atoms with Crippen LogP contribution in [0.2, 0.25) is 0 Å². The molecule has 1 aliphatic carbocycles. The smallest absolute Gasteiger partial charge is 0.251 e. The molecule has 1 aromatic rings. The van der Waals surface area contributed by atoms with Crippen LogP contribution in [0.4, 0.5) is 0 Å². The summed E-state index contributed by atoms with van der Waals surface area (Å²) in [5.41, 5.74) is 2.67. The summed E-state index contributed by atoms with van der Waals surface area (Å²) in [6.07, 6.45) is 2.10. The van der Waals surface area contributed by atoms with Crippen LogP contribution in [0, 0.1) is 13.8 Å². The van der Waals surface area contributed by atoms with Gasteiger partial charge in [-0.05, 0) is 38.3 Å². The van der Waals surface area contributed by atoms with Crippen LogP contribution in [0.1, 0.15) is 34.3 Å². The Morgan fingerprint density at radius 3 is 2.61 bits per heavy atom. The summed E-state index contributed by atoms with van der Waals surface area (Å²) in [7, 11) is 0. The number of carbonyl (C=O) groups excluding carboxylic acids is 2. The molecule has 96 valence electrons. The van der Waals surface area contributed by atoms with Crippen molar-refractivity contribution in [3.8, 4) is 0 Å².